The average molecular weight is 488 g/mol. The van der Waals surface area contributed by atoms with Gasteiger partial charge in [0.1, 0.15) is 6.33 Å². The van der Waals surface area contributed by atoms with E-state index in [1.54, 1.807) is 18.7 Å². The van der Waals surface area contributed by atoms with Gasteiger partial charge in [0, 0.05) is 44.5 Å². The molecule has 0 aliphatic carbocycles. The number of carbonyl (C=O) groups is 1. The molecule has 0 saturated carbocycles. The third kappa shape index (κ3) is 4.40. The Balaban J connectivity index is 1.34. The first kappa shape index (κ1) is 22.2. The Morgan fingerprint density at radius 1 is 1.14 bits per heavy atom. The molecule has 1 unspecified atom stereocenters. The normalized spacial score (nSPS) is 17.9. The molecule has 0 spiro atoms. The quantitative estimate of drug-likeness (QED) is 0.408. The van der Waals surface area contributed by atoms with E-state index in [4.69, 9.17) is 10.7 Å². The molecule has 35 heavy (non-hydrogen) atoms. The smallest absolute Gasteiger partial charge is 0.219 e. The minimum Gasteiger partial charge on any atom is -0.382 e. The largest absolute Gasteiger partial charge is 0.382 e. The monoisotopic (exact) mass is 487 g/mol. The fourth-order valence-electron chi connectivity index (χ4n) is 5.04. The number of carbonyl (C=O) groups excluding carboxylic acids is 1. The zero-order valence-electron chi connectivity index (χ0n) is 19.9. The number of hydrogen-bond acceptors (Lipinski definition) is 7. The van der Waals surface area contributed by atoms with Gasteiger partial charge >= 0.3 is 0 Å². The molecule has 2 saturated heterocycles. The van der Waals surface area contributed by atoms with Gasteiger partial charge in [0.15, 0.2) is 22.1 Å². The van der Waals surface area contributed by atoms with Crippen LogP contribution < -0.4 is 10.6 Å². The predicted octanol–water partition coefficient (Wildman–Crippen LogP) is 4.18. The van der Waals surface area contributed by atoms with Gasteiger partial charge in [-0.3, -0.25) is 4.79 Å². The van der Waals surface area contributed by atoms with Crippen molar-refractivity contribution in [3.05, 3.63) is 42.7 Å². The molecule has 0 radical (unpaired) electrons. The Bertz CT molecular complexity index is 1410. The van der Waals surface area contributed by atoms with E-state index in [1.807, 2.05) is 4.90 Å². The van der Waals surface area contributed by atoms with E-state index >= 15 is 0 Å². The Morgan fingerprint density at radius 2 is 1.94 bits per heavy atom. The van der Waals surface area contributed by atoms with E-state index in [1.165, 1.54) is 27.7 Å². The molecule has 180 valence electrons. The van der Waals surface area contributed by atoms with Gasteiger partial charge in [-0.2, -0.15) is 0 Å². The lowest BCUT2D eigenvalue weighted by molar-refractivity contribution is -0.130. The number of aryl methyl sites for hydroxylation is 1. The van der Waals surface area contributed by atoms with Gasteiger partial charge < -0.3 is 20.1 Å². The third-order valence-electron chi connectivity index (χ3n) is 7.07. The van der Waals surface area contributed by atoms with Crippen LogP contribution >= 0.6 is 11.8 Å². The zero-order valence-corrected chi connectivity index (χ0v) is 20.7. The molecular weight excluding hydrogens is 458 g/mol. The number of piperidine rings is 1. The summed E-state index contributed by atoms with van der Waals surface area (Å²) in [6.45, 7) is 6.29. The molecule has 2 aromatic heterocycles. The fourth-order valence-corrected chi connectivity index (χ4v) is 6.14. The highest BCUT2D eigenvalue weighted by molar-refractivity contribution is 7.99. The summed E-state index contributed by atoms with van der Waals surface area (Å²) in [6, 6.07) is 13.0. The van der Waals surface area contributed by atoms with Crippen LogP contribution in [0.25, 0.3) is 21.9 Å². The summed E-state index contributed by atoms with van der Waals surface area (Å²) >= 11 is 1.67. The second kappa shape index (κ2) is 9.03. The van der Waals surface area contributed by atoms with Crippen molar-refractivity contribution in [1.29, 1.82) is 0 Å². The first-order valence-electron chi connectivity index (χ1n) is 12.2. The molecule has 9 heteroatoms. The number of imidazole rings is 1. The van der Waals surface area contributed by atoms with E-state index in [9.17, 15) is 4.79 Å². The van der Waals surface area contributed by atoms with E-state index in [0.29, 0.717) is 17.3 Å². The van der Waals surface area contributed by atoms with Gasteiger partial charge in [0.25, 0.3) is 0 Å². The topological polar surface area (TPSA) is 92.9 Å². The van der Waals surface area contributed by atoms with Crippen molar-refractivity contribution in [2.24, 2.45) is 5.92 Å². The van der Waals surface area contributed by atoms with Crippen LogP contribution in [0.5, 0.6) is 0 Å². The lowest BCUT2D eigenvalue weighted by Crippen LogP contribution is -2.38. The summed E-state index contributed by atoms with van der Waals surface area (Å²) in [5.74, 6) is 1.04. The van der Waals surface area contributed by atoms with Crippen LogP contribution in [-0.4, -0.2) is 56.5 Å². The number of rotatable bonds is 6. The first-order chi connectivity index (χ1) is 17.1. The molecule has 1 amide bonds. The minimum atomic E-state index is 0.165. The Labute approximate surface area is 208 Å². The van der Waals surface area contributed by atoms with Crippen LogP contribution in [0.4, 0.5) is 11.5 Å². The molecule has 2 aromatic carbocycles. The van der Waals surface area contributed by atoms with Crippen LogP contribution in [-0.2, 0) is 11.3 Å². The van der Waals surface area contributed by atoms with Crippen molar-refractivity contribution in [3.63, 3.8) is 0 Å². The van der Waals surface area contributed by atoms with Crippen molar-refractivity contribution in [2.45, 2.75) is 42.8 Å². The number of hydrogen-bond donors (Lipinski definition) is 1. The molecule has 6 rings (SSSR count). The molecule has 2 aliphatic rings. The van der Waals surface area contributed by atoms with Gasteiger partial charge in [-0.25, -0.2) is 15.0 Å². The van der Waals surface area contributed by atoms with E-state index in [-0.39, 0.29) is 5.91 Å². The first-order valence-corrected chi connectivity index (χ1v) is 13.1. The second-order valence-electron chi connectivity index (χ2n) is 9.50. The molecule has 8 nitrogen and oxygen atoms in total. The lowest BCUT2D eigenvalue weighted by atomic mass is 9.95. The zero-order chi connectivity index (χ0) is 23.9. The number of likely N-dealkylation sites (tertiary alicyclic amines) is 1. The van der Waals surface area contributed by atoms with Crippen molar-refractivity contribution in [3.8, 4) is 0 Å². The predicted molar refractivity (Wildman–Crippen MR) is 140 cm³/mol. The molecule has 4 heterocycles. The fraction of sp³-hybridized carbons (Fsp3) is 0.385. The van der Waals surface area contributed by atoms with Crippen LogP contribution in [0.1, 0.15) is 26.2 Å². The van der Waals surface area contributed by atoms with E-state index < -0.39 is 0 Å². The lowest BCUT2D eigenvalue weighted by Gasteiger charge is -2.32. The van der Waals surface area contributed by atoms with Crippen molar-refractivity contribution in [2.75, 3.05) is 36.8 Å². The van der Waals surface area contributed by atoms with Gasteiger partial charge in [-0.1, -0.05) is 24.3 Å². The van der Waals surface area contributed by atoms with Crippen molar-refractivity contribution < 1.29 is 4.79 Å². The molecular formula is C26H29N7OS. The maximum absolute atomic E-state index is 11.9. The standard InChI is InChI=1S/C26H29N7OS/c1-17(34)32-9-4-5-18(15-32)8-10-33-25-23(24(27)28-16-29-25)30-26(33)35-22-14-20-7-3-2-6-19(20)13-21(22)31-11-12-31/h2-3,6-7,13-14,16,18H,4-5,8-12,15H2,1H3,(H2,27,28,29). The van der Waals surface area contributed by atoms with Crippen LogP contribution in [0.3, 0.4) is 0 Å². The van der Waals surface area contributed by atoms with Crippen molar-refractivity contribution >= 4 is 51.1 Å². The van der Waals surface area contributed by atoms with E-state index in [2.05, 4.69) is 55.8 Å². The number of benzene rings is 2. The number of fused-ring (bicyclic) bond motifs is 2. The van der Waals surface area contributed by atoms with Crippen LogP contribution in [0.15, 0.2) is 52.8 Å². The number of nitrogens with two attached hydrogens (primary N) is 1. The Hall–Kier alpha value is -3.33. The second-order valence-corrected chi connectivity index (χ2v) is 10.5. The Kier molecular flexibility index (Phi) is 5.72. The highest BCUT2D eigenvalue weighted by Gasteiger charge is 2.26. The van der Waals surface area contributed by atoms with Gasteiger partial charge in [0.2, 0.25) is 5.91 Å². The summed E-state index contributed by atoms with van der Waals surface area (Å²) in [7, 11) is 0. The molecule has 2 aliphatic heterocycles. The molecule has 0 bridgehead atoms. The summed E-state index contributed by atoms with van der Waals surface area (Å²) < 4.78 is 2.19. The molecule has 4 aromatic rings. The van der Waals surface area contributed by atoms with Crippen LogP contribution in [0, 0.1) is 5.92 Å². The number of nitrogens with zero attached hydrogens (tertiary/aromatic N) is 6. The minimum absolute atomic E-state index is 0.165. The van der Waals surface area contributed by atoms with Crippen molar-refractivity contribution in [1.82, 2.24) is 24.4 Å². The van der Waals surface area contributed by atoms with Gasteiger partial charge in [-0.15, -0.1) is 0 Å². The highest BCUT2D eigenvalue weighted by atomic mass is 32.2. The number of anilines is 2. The highest BCUT2D eigenvalue weighted by Crippen LogP contribution is 2.41. The third-order valence-corrected chi connectivity index (χ3v) is 8.11. The number of amides is 1. The maximum Gasteiger partial charge on any atom is 0.219 e. The SMILES string of the molecule is CC(=O)N1CCCC(CCn2c(Sc3cc4ccccc4cc3N3CC3)nc3c(N)ncnc32)C1. The average Bonchev–Trinajstić information content (AvgIpc) is 3.65. The van der Waals surface area contributed by atoms with E-state index in [0.717, 1.165) is 62.8 Å². The summed E-state index contributed by atoms with van der Waals surface area (Å²) in [4.78, 5) is 31.1. The van der Waals surface area contributed by atoms with Crippen LogP contribution in [0.2, 0.25) is 0 Å². The van der Waals surface area contributed by atoms with Gasteiger partial charge in [0.05, 0.1) is 5.69 Å². The summed E-state index contributed by atoms with van der Waals surface area (Å²) in [6.07, 6.45) is 4.67. The number of aromatic nitrogens is 4. The van der Waals surface area contributed by atoms with Gasteiger partial charge in [-0.05, 0) is 59.8 Å². The molecule has 2 fully saturated rings. The number of nitrogen functional groups attached to an aromatic ring is 1. The molecule has 2 N–H and O–H groups in total. The summed E-state index contributed by atoms with van der Waals surface area (Å²) in [5.41, 5.74) is 8.86. The summed E-state index contributed by atoms with van der Waals surface area (Å²) in [5, 5.41) is 3.34. The Morgan fingerprint density at radius 3 is 2.71 bits per heavy atom. The molecule has 1 atom stereocenters. The maximum atomic E-state index is 11.9.